The maximum atomic E-state index is 15.4. The number of fused-ring (bicyclic) bond motifs is 2. The maximum Gasteiger partial charge on any atom is 0.439 e. The highest BCUT2D eigenvalue weighted by molar-refractivity contribution is 5.81. The Balaban J connectivity index is 1.02. The first kappa shape index (κ1) is 25.5. The molecule has 1 saturated carbocycles. The van der Waals surface area contributed by atoms with Gasteiger partial charge in [0.15, 0.2) is 23.1 Å². The molecule has 2 aliphatic heterocycles. The van der Waals surface area contributed by atoms with Gasteiger partial charge in [0, 0.05) is 44.7 Å². The summed E-state index contributed by atoms with van der Waals surface area (Å²) in [6, 6.07) is 14.2. The summed E-state index contributed by atoms with van der Waals surface area (Å²) in [6.45, 7) is 3.09. The number of aromatic amines is 1. The van der Waals surface area contributed by atoms with Gasteiger partial charge >= 0.3 is 5.76 Å². The van der Waals surface area contributed by atoms with Gasteiger partial charge in [-0.15, -0.1) is 0 Å². The number of ether oxygens (including phenoxy) is 2. The monoisotopic (exact) mass is 579 g/mol. The summed E-state index contributed by atoms with van der Waals surface area (Å²) < 4.78 is 34.6. The fourth-order valence-electron chi connectivity index (χ4n) is 6.72. The minimum absolute atomic E-state index is 0.110. The third-order valence-electron chi connectivity index (χ3n) is 9.21. The van der Waals surface area contributed by atoms with Gasteiger partial charge in [-0.25, -0.2) is 14.2 Å². The third-order valence-corrected chi connectivity index (χ3v) is 9.21. The van der Waals surface area contributed by atoms with E-state index in [2.05, 4.69) is 35.2 Å². The van der Waals surface area contributed by atoms with Crippen molar-refractivity contribution < 1.29 is 18.4 Å². The van der Waals surface area contributed by atoms with E-state index in [-0.39, 0.29) is 11.2 Å². The number of hydrogen-bond acceptors (Lipinski definition) is 9. The SMILES string of the molecule is Cn1c([C@@H]2CC23CCN(c2c(F)ccc4c2OC(C)(c2ccc(C#N)cn2)O4)CC3)nc2ccc(-c3noc(=O)[nH]3)cc21. The molecular weight excluding hydrogens is 553 g/mol. The second kappa shape index (κ2) is 8.91. The average Bonchev–Trinajstić information content (AvgIpc) is 3.28. The van der Waals surface area contributed by atoms with Crippen LogP contribution >= 0.6 is 0 Å². The van der Waals surface area contributed by atoms with Crippen molar-refractivity contribution in [3.8, 4) is 29.0 Å². The van der Waals surface area contributed by atoms with Crippen LogP contribution in [0.1, 0.15) is 49.2 Å². The number of nitrogens with one attached hydrogen (secondary N) is 1. The minimum atomic E-state index is -1.24. The standard InChI is InChI=1S/C31H26FN7O4/c1-30(24-8-3-17(15-33)16-34-24)41-23-7-5-20(32)25(26(23)42-30)39-11-9-31(10-12-39)14-19(31)28-35-21-6-4-18(13-22(21)38(28)2)27-36-29(40)43-37-27/h3-8,13,16,19H,9-12,14H2,1-2H3,(H,36,37,40)/t19-,30?/m0/s1. The van der Waals surface area contributed by atoms with Gasteiger partial charge in [-0.3, -0.25) is 14.5 Å². The van der Waals surface area contributed by atoms with Crippen LogP contribution in [0, 0.1) is 22.6 Å². The van der Waals surface area contributed by atoms with Gasteiger partial charge in [0.25, 0.3) is 5.79 Å². The molecule has 0 amide bonds. The molecule has 2 atom stereocenters. The van der Waals surface area contributed by atoms with Gasteiger partial charge in [0.1, 0.15) is 23.3 Å². The first-order valence-electron chi connectivity index (χ1n) is 14.1. The summed E-state index contributed by atoms with van der Waals surface area (Å²) >= 11 is 0. The summed E-state index contributed by atoms with van der Waals surface area (Å²) in [5, 5.41) is 12.9. The number of anilines is 1. The number of benzene rings is 2. The number of pyridine rings is 1. The van der Waals surface area contributed by atoms with Crippen molar-refractivity contribution in [3.63, 3.8) is 0 Å². The summed E-state index contributed by atoms with van der Waals surface area (Å²) in [5.74, 6) is 0.363. The lowest BCUT2D eigenvalue weighted by molar-refractivity contribution is -0.0716. The van der Waals surface area contributed by atoms with Crippen LogP contribution < -0.4 is 20.1 Å². The Morgan fingerprint density at radius 1 is 1.14 bits per heavy atom. The number of halogens is 1. The molecule has 0 radical (unpaired) electrons. The summed E-state index contributed by atoms with van der Waals surface area (Å²) in [6.07, 6.45) is 4.28. The van der Waals surface area contributed by atoms with Crippen molar-refractivity contribution in [1.82, 2.24) is 24.7 Å². The van der Waals surface area contributed by atoms with Gasteiger partial charge < -0.3 is 18.9 Å². The summed E-state index contributed by atoms with van der Waals surface area (Å²) in [7, 11) is 2.01. The van der Waals surface area contributed by atoms with Crippen LogP contribution in [0.5, 0.6) is 11.5 Å². The topological polar surface area (TPSA) is 135 Å². The Bertz CT molecular complexity index is 2020. The van der Waals surface area contributed by atoms with E-state index in [1.807, 2.05) is 25.2 Å². The second-order valence-electron chi connectivity index (χ2n) is 11.7. The van der Waals surface area contributed by atoms with Crippen LogP contribution in [-0.2, 0) is 12.8 Å². The number of nitriles is 1. The smallest absolute Gasteiger partial charge is 0.439 e. The van der Waals surface area contributed by atoms with E-state index in [0.29, 0.717) is 53.3 Å². The molecule has 1 unspecified atom stereocenters. The first-order valence-corrected chi connectivity index (χ1v) is 14.1. The molecule has 2 fully saturated rings. The highest BCUT2D eigenvalue weighted by atomic mass is 19.1. The molecule has 11 nitrogen and oxygen atoms in total. The van der Waals surface area contributed by atoms with Crippen LogP contribution in [0.3, 0.4) is 0 Å². The fraction of sp³-hybridized carbons (Fsp3) is 0.323. The van der Waals surface area contributed by atoms with E-state index >= 15 is 4.39 Å². The average molecular weight is 580 g/mol. The number of aryl methyl sites for hydroxylation is 1. The number of rotatable bonds is 4. The largest absolute Gasteiger partial charge is 0.443 e. The van der Waals surface area contributed by atoms with E-state index < -0.39 is 11.5 Å². The molecule has 5 heterocycles. The number of piperidine rings is 1. The van der Waals surface area contributed by atoms with Gasteiger partial charge in [-0.2, -0.15) is 5.26 Å². The zero-order valence-electron chi connectivity index (χ0n) is 23.4. The molecule has 8 rings (SSSR count). The Labute approximate surface area is 244 Å². The van der Waals surface area contributed by atoms with Crippen LogP contribution in [0.4, 0.5) is 10.1 Å². The maximum absolute atomic E-state index is 15.4. The Kier molecular flexibility index (Phi) is 5.29. The van der Waals surface area contributed by atoms with E-state index in [9.17, 15) is 4.79 Å². The van der Waals surface area contributed by atoms with Gasteiger partial charge in [-0.05, 0) is 67.1 Å². The van der Waals surface area contributed by atoms with Crippen LogP contribution in [0.25, 0.3) is 22.4 Å². The highest BCUT2D eigenvalue weighted by Crippen LogP contribution is 2.65. The molecule has 12 heteroatoms. The Morgan fingerprint density at radius 2 is 1.98 bits per heavy atom. The normalized spacial score (nSPS) is 21.8. The first-order chi connectivity index (χ1) is 20.8. The predicted molar refractivity (Wildman–Crippen MR) is 152 cm³/mol. The minimum Gasteiger partial charge on any atom is -0.443 e. The van der Waals surface area contributed by atoms with Gasteiger partial charge in [0.2, 0.25) is 0 Å². The molecule has 5 aromatic rings. The highest BCUT2D eigenvalue weighted by Gasteiger charge is 2.57. The molecular formula is C31H26FN7O4. The Hall–Kier alpha value is -5.18. The molecule has 43 heavy (non-hydrogen) atoms. The van der Waals surface area contributed by atoms with Crippen molar-refractivity contribution >= 4 is 16.7 Å². The van der Waals surface area contributed by atoms with Crippen molar-refractivity contribution in [2.24, 2.45) is 12.5 Å². The van der Waals surface area contributed by atoms with Crippen molar-refractivity contribution in [2.45, 2.75) is 37.9 Å². The molecule has 1 saturated heterocycles. The van der Waals surface area contributed by atoms with Crippen molar-refractivity contribution in [3.05, 3.63) is 82.1 Å². The second-order valence-corrected chi connectivity index (χ2v) is 11.7. The number of H-pyrrole nitrogens is 1. The summed E-state index contributed by atoms with van der Waals surface area (Å²) in [4.78, 5) is 25.4. The number of imidazole rings is 1. The van der Waals surface area contributed by atoms with E-state index in [1.54, 1.807) is 25.1 Å². The third kappa shape index (κ3) is 3.91. The van der Waals surface area contributed by atoms with Crippen LogP contribution in [-0.4, -0.2) is 37.8 Å². The lowest BCUT2D eigenvalue weighted by atomic mass is 9.90. The molecule has 2 aromatic carbocycles. The molecule has 3 aliphatic rings. The van der Waals surface area contributed by atoms with E-state index in [0.717, 1.165) is 41.7 Å². The van der Waals surface area contributed by atoms with Crippen LogP contribution in [0.15, 0.2) is 58.0 Å². The van der Waals surface area contributed by atoms with Gasteiger partial charge in [0.05, 0.1) is 16.6 Å². The fourth-order valence-corrected chi connectivity index (χ4v) is 6.72. The molecule has 1 aliphatic carbocycles. The van der Waals surface area contributed by atoms with Crippen molar-refractivity contribution in [1.29, 1.82) is 5.26 Å². The number of hydrogen-bond donors (Lipinski definition) is 1. The molecule has 1 N–H and O–H groups in total. The lowest BCUT2D eigenvalue weighted by Gasteiger charge is -2.35. The van der Waals surface area contributed by atoms with Gasteiger partial charge in [-0.1, -0.05) is 5.16 Å². The lowest BCUT2D eigenvalue weighted by Crippen LogP contribution is -2.36. The van der Waals surface area contributed by atoms with Crippen LogP contribution in [0.2, 0.25) is 0 Å². The van der Waals surface area contributed by atoms with E-state index in [1.165, 1.54) is 12.3 Å². The number of nitrogens with zero attached hydrogens (tertiary/aromatic N) is 6. The molecule has 216 valence electrons. The molecule has 1 spiro atoms. The molecule has 0 bridgehead atoms. The van der Waals surface area contributed by atoms with E-state index in [4.69, 9.17) is 19.7 Å². The predicted octanol–water partition coefficient (Wildman–Crippen LogP) is 4.74. The number of aromatic nitrogens is 5. The molecule has 3 aromatic heterocycles. The van der Waals surface area contributed by atoms with Crippen molar-refractivity contribution in [2.75, 3.05) is 18.0 Å². The zero-order valence-corrected chi connectivity index (χ0v) is 23.4. The summed E-state index contributed by atoms with van der Waals surface area (Å²) in [5.41, 5.74) is 4.03. The Morgan fingerprint density at radius 3 is 2.70 bits per heavy atom. The zero-order chi connectivity index (χ0) is 29.5. The quantitative estimate of drug-likeness (QED) is 0.320.